The largest absolute Gasteiger partial charge is 0.494 e. The van der Waals surface area contributed by atoms with E-state index in [9.17, 15) is 9.59 Å². The smallest absolute Gasteiger partial charge is 0.340 e. The number of rotatable bonds is 8. The number of aryl methyl sites for hydroxylation is 1. The summed E-state index contributed by atoms with van der Waals surface area (Å²) in [6, 6.07) is 21.3. The maximum absolute atomic E-state index is 13.1. The lowest BCUT2D eigenvalue weighted by molar-refractivity contribution is -0.120. The highest BCUT2D eigenvalue weighted by Gasteiger charge is 2.24. The Labute approximate surface area is 222 Å². The first-order chi connectivity index (χ1) is 18.5. The summed E-state index contributed by atoms with van der Waals surface area (Å²) in [4.78, 5) is 27.9. The highest BCUT2D eigenvalue weighted by atomic mass is 16.5. The van der Waals surface area contributed by atoms with E-state index in [1.165, 1.54) is 5.56 Å². The predicted molar refractivity (Wildman–Crippen MR) is 148 cm³/mol. The number of fused-ring (bicyclic) bond motifs is 2. The lowest BCUT2D eigenvalue weighted by atomic mass is 10.0. The lowest BCUT2D eigenvalue weighted by Gasteiger charge is -2.29. The van der Waals surface area contributed by atoms with Gasteiger partial charge in [-0.2, -0.15) is 0 Å². The highest BCUT2D eigenvalue weighted by molar-refractivity contribution is 6.07. The molecule has 196 valence electrons. The second kappa shape index (κ2) is 11.0. The van der Waals surface area contributed by atoms with E-state index < -0.39 is 5.97 Å². The highest BCUT2D eigenvalue weighted by Crippen LogP contribution is 2.33. The third kappa shape index (κ3) is 4.84. The molecule has 0 aliphatic carbocycles. The van der Waals surface area contributed by atoms with Crippen LogP contribution in [0.1, 0.15) is 41.9 Å². The normalized spacial score (nSPS) is 12.8. The Morgan fingerprint density at radius 3 is 2.42 bits per heavy atom. The molecule has 0 atom stereocenters. The molecule has 4 aromatic rings. The zero-order valence-corrected chi connectivity index (χ0v) is 22.0. The van der Waals surface area contributed by atoms with Crippen molar-refractivity contribution in [2.75, 3.05) is 31.3 Å². The standard InChI is InChI=1S/C31H32N2O5/c1-4-36-24-14-12-23(13-15-24)33-21(3)30(31(35)37-5-2)26-19-25(16-17-28(26)33)38-20-29(34)32-18-8-10-22-9-6-7-11-27(22)32/h6-7,9,11-17,19H,4-5,8,10,18,20H2,1-3H3. The van der Waals surface area contributed by atoms with E-state index in [4.69, 9.17) is 14.2 Å². The van der Waals surface area contributed by atoms with Crippen LogP contribution in [0.5, 0.6) is 11.5 Å². The Balaban J connectivity index is 1.45. The van der Waals surface area contributed by atoms with Crippen molar-refractivity contribution < 1.29 is 23.8 Å². The van der Waals surface area contributed by atoms with Crippen LogP contribution >= 0.6 is 0 Å². The molecule has 0 unspecified atom stereocenters. The average Bonchev–Trinajstić information content (AvgIpc) is 3.23. The zero-order chi connectivity index (χ0) is 26.6. The molecule has 5 rings (SSSR count). The number of hydrogen-bond donors (Lipinski definition) is 0. The quantitative estimate of drug-likeness (QED) is 0.276. The summed E-state index contributed by atoms with van der Waals surface area (Å²) in [5.41, 5.74) is 5.13. The minimum absolute atomic E-state index is 0.0901. The van der Waals surface area contributed by atoms with Gasteiger partial charge in [0.2, 0.25) is 0 Å². The van der Waals surface area contributed by atoms with Crippen molar-refractivity contribution in [1.29, 1.82) is 0 Å². The predicted octanol–water partition coefficient (Wildman–Crippen LogP) is 5.87. The number of carbonyl (C=O) groups excluding carboxylic acids is 2. The molecular weight excluding hydrogens is 480 g/mol. The van der Waals surface area contributed by atoms with Gasteiger partial charge in [0.05, 0.1) is 24.3 Å². The third-order valence-corrected chi connectivity index (χ3v) is 6.83. The molecule has 0 bridgehead atoms. The summed E-state index contributed by atoms with van der Waals surface area (Å²) in [6.07, 6.45) is 1.90. The average molecular weight is 513 g/mol. The molecule has 7 nitrogen and oxygen atoms in total. The number of nitrogens with zero attached hydrogens (tertiary/aromatic N) is 2. The minimum atomic E-state index is -0.391. The first-order valence-corrected chi connectivity index (χ1v) is 13.1. The van der Waals surface area contributed by atoms with E-state index in [-0.39, 0.29) is 19.1 Å². The van der Waals surface area contributed by atoms with Crippen molar-refractivity contribution in [1.82, 2.24) is 4.57 Å². The van der Waals surface area contributed by atoms with E-state index in [0.717, 1.165) is 41.2 Å². The van der Waals surface area contributed by atoms with Crippen LogP contribution in [0.15, 0.2) is 66.7 Å². The molecule has 3 aromatic carbocycles. The molecule has 38 heavy (non-hydrogen) atoms. The molecule has 1 amide bonds. The Morgan fingerprint density at radius 1 is 0.895 bits per heavy atom. The number of para-hydroxylation sites is 1. The van der Waals surface area contributed by atoms with Gasteiger partial charge in [-0.25, -0.2) is 4.79 Å². The van der Waals surface area contributed by atoms with Gasteiger partial charge in [0.15, 0.2) is 6.61 Å². The van der Waals surface area contributed by atoms with Gasteiger partial charge in [-0.05, 0) is 87.7 Å². The van der Waals surface area contributed by atoms with Crippen LogP contribution in [-0.4, -0.2) is 42.8 Å². The van der Waals surface area contributed by atoms with E-state index >= 15 is 0 Å². The Hall–Kier alpha value is -4.26. The van der Waals surface area contributed by atoms with Crippen LogP contribution in [0.4, 0.5) is 5.69 Å². The summed E-state index contributed by atoms with van der Waals surface area (Å²) in [6.45, 7) is 7.09. The Bertz CT molecular complexity index is 1470. The molecule has 0 spiro atoms. The van der Waals surface area contributed by atoms with Crippen molar-refractivity contribution in [2.45, 2.75) is 33.6 Å². The van der Waals surface area contributed by atoms with Crippen molar-refractivity contribution in [3.8, 4) is 17.2 Å². The molecule has 0 radical (unpaired) electrons. The number of benzene rings is 3. The van der Waals surface area contributed by atoms with Gasteiger partial charge in [0, 0.05) is 29.0 Å². The van der Waals surface area contributed by atoms with E-state index in [1.807, 2.05) is 79.1 Å². The zero-order valence-electron chi connectivity index (χ0n) is 22.0. The number of ether oxygens (including phenoxy) is 3. The fraction of sp³-hybridized carbons (Fsp3) is 0.290. The summed E-state index contributed by atoms with van der Waals surface area (Å²) >= 11 is 0. The number of amides is 1. The molecule has 1 aliphatic heterocycles. The summed E-state index contributed by atoms with van der Waals surface area (Å²) in [7, 11) is 0. The molecule has 0 fully saturated rings. The van der Waals surface area contributed by atoms with Crippen LogP contribution < -0.4 is 14.4 Å². The number of anilines is 1. The van der Waals surface area contributed by atoms with Gasteiger partial charge in [-0.3, -0.25) is 4.79 Å². The van der Waals surface area contributed by atoms with Crippen molar-refractivity contribution in [3.63, 3.8) is 0 Å². The Kier molecular flexibility index (Phi) is 7.36. The van der Waals surface area contributed by atoms with Crippen molar-refractivity contribution in [2.24, 2.45) is 0 Å². The molecule has 7 heteroatoms. The fourth-order valence-electron chi connectivity index (χ4n) is 5.15. The third-order valence-electron chi connectivity index (χ3n) is 6.83. The molecule has 0 saturated heterocycles. The number of esters is 1. The monoisotopic (exact) mass is 512 g/mol. The maximum atomic E-state index is 13.1. The molecule has 0 N–H and O–H groups in total. The second-order valence-corrected chi connectivity index (χ2v) is 9.19. The molecule has 0 saturated carbocycles. The summed E-state index contributed by atoms with van der Waals surface area (Å²) < 4.78 is 19.0. The van der Waals surface area contributed by atoms with Crippen LogP contribution in [0.25, 0.3) is 16.6 Å². The molecule has 1 aliphatic rings. The van der Waals surface area contributed by atoms with Gasteiger partial charge < -0.3 is 23.7 Å². The maximum Gasteiger partial charge on any atom is 0.340 e. The molecular formula is C31H32N2O5. The first-order valence-electron chi connectivity index (χ1n) is 13.1. The van der Waals surface area contributed by atoms with Crippen molar-refractivity contribution in [3.05, 3.63) is 83.6 Å². The topological polar surface area (TPSA) is 70.0 Å². The van der Waals surface area contributed by atoms with Crippen LogP contribution in [-0.2, 0) is 16.0 Å². The van der Waals surface area contributed by atoms with Gasteiger partial charge in [0.1, 0.15) is 11.5 Å². The van der Waals surface area contributed by atoms with Gasteiger partial charge in [-0.1, -0.05) is 18.2 Å². The number of hydrogen-bond acceptors (Lipinski definition) is 5. The van der Waals surface area contributed by atoms with Gasteiger partial charge in [0.25, 0.3) is 5.91 Å². The van der Waals surface area contributed by atoms with Crippen LogP contribution in [0, 0.1) is 6.92 Å². The van der Waals surface area contributed by atoms with Crippen LogP contribution in [0.2, 0.25) is 0 Å². The second-order valence-electron chi connectivity index (χ2n) is 9.19. The summed E-state index contributed by atoms with van der Waals surface area (Å²) in [5.74, 6) is 0.821. The summed E-state index contributed by atoms with van der Waals surface area (Å²) in [5, 5.41) is 0.711. The van der Waals surface area contributed by atoms with E-state index in [0.29, 0.717) is 29.9 Å². The number of carbonyl (C=O) groups is 2. The first kappa shape index (κ1) is 25.4. The van der Waals surface area contributed by atoms with E-state index in [2.05, 4.69) is 6.07 Å². The van der Waals surface area contributed by atoms with Gasteiger partial charge >= 0.3 is 5.97 Å². The Morgan fingerprint density at radius 2 is 1.66 bits per heavy atom. The van der Waals surface area contributed by atoms with Crippen molar-refractivity contribution >= 4 is 28.5 Å². The fourth-order valence-corrected chi connectivity index (χ4v) is 5.15. The minimum Gasteiger partial charge on any atom is -0.494 e. The van der Waals surface area contributed by atoms with E-state index in [1.54, 1.807) is 11.8 Å². The van der Waals surface area contributed by atoms with Crippen LogP contribution in [0.3, 0.4) is 0 Å². The number of aromatic nitrogens is 1. The SMILES string of the molecule is CCOC(=O)c1c(C)n(-c2ccc(OCC)cc2)c2ccc(OCC(=O)N3CCCc4ccccc43)cc12. The van der Waals surface area contributed by atoms with Gasteiger partial charge in [-0.15, -0.1) is 0 Å². The lowest BCUT2D eigenvalue weighted by Crippen LogP contribution is -2.38. The molecule has 1 aromatic heterocycles. The molecule has 2 heterocycles.